The molecular weight excluding hydrogens is 258 g/mol. The van der Waals surface area contributed by atoms with Gasteiger partial charge in [0, 0.05) is 17.3 Å². The van der Waals surface area contributed by atoms with Crippen molar-refractivity contribution in [1.82, 2.24) is 4.98 Å². The van der Waals surface area contributed by atoms with E-state index >= 15 is 0 Å². The Bertz CT molecular complexity index is 529. The summed E-state index contributed by atoms with van der Waals surface area (Å²) in [5.41, 5.74) is 2.23. The first kappa shape index (κ1) is 16.1. The fourth-order valence-electron chi connectivity index (χ4n) is 1.58. The van der Waals surface area contributed by atoms with Gasteiger partial charge in [-0.3, -0.25) is 4.98 Å². The molecule has 0 unspecified atom stereocenters. The summed E-state index contributed by atoms with van der Waals surface area (Å²) in [4.78, 5) is 3.84. The van der Waals surface area contributed by atoms with Crippen LogP contribution in [0.4, 0.5) is 0 Å². The lowest BCUT2D eigenvalue weighted by Crippen LogP contribution is -1.98. The highest BCUT2D eigenvalue weighted by Crippen LogP contribution is 2.23. The normalized spacial score (nSPS) is 9.80. The summed E-state index contributed by atoms with van der Waals surface area (Å²) in [5, 5.41) is 35.6. The van der Waals surface area contributed by atoms with Crippen LogP contribution >= 0.6 is 0 Å². The van der Waals surface area contributed by atoms with Crippen LogP contribution in [0.1, 0.15) is 22.4 Å². The van der Waals surface area contributed by atoms with E-state index in [0.29, 0.717) is 16.8 Å². The van der Waals surface area contributed by atoms with Crippen molar-refractivity contribution in [1.29, 1.82) is 0 Å². The summed E-state index contributed by atoms with van der Waals surface area (Å²) in [5.74, 6) is -0.0379. The van der Waals surface area contributed by atoms with Crippen LogP contribution in [0.2, 0.25) is 0 Å². The molecular formula is C15H19NO4. The number of pyridine rings is 1. The molecule has 0 aliphatic rings. The van der Waals surface area contributed by atoms with E-state index in [-0.39, 0.29) is 25.6 Å². The molecule has 5 heteroatoms. The van der Waals surface area contributed by atoms with Gasteiger partial charge in [0.25, 0.3) is 0 Å². The Labute approximate surface area is 117 Å². The van der Waals surface area contributed by atoms with Gasteiger partial charge in [-0.2, -0.15) is 0 Å². The maximum Gasteiger partial charge on any atom is 0.142 e. The van der Waals surface area contributed by atoms with Crippen LogP contribution in [0.5, 0.6) is 5.75 Å². The number of aliphatic hydroxyl groups excluding tert-OH is 3. The fourth-order valence-corrected chi connectivity index (χ4v) is 1.58. The summed E-state index contributed by atoms with van der Waals surface area (Å²) in [7, 11) is 0. The van der Waals surface area contributed by atoms with Gasteiger partial charge in [-0.15, -0.1) is 0 Å². The minimum Gasteiger partial charge on any atom is -0.506 e. The molecule has 20 heavy (non-hydrogen) atoms. The second kappa shape index (κ2) is 8.27. The molecule has 0 saturated heterocycles. The van der Waals surface area contributed by atoms with Crippen LogP contribution in [0.3, 0.4) is 0 Å². The van der Waals surface area contributed by atoms with Crippen LogP contribution in [-0.4, -0.2) is 25.4 Å². The number of aromatic nitrogens is 1. The van der Waals surface area contributed by atoms with Crippen molar-refractivity contribution in [3.8, 4) is 5.75 Å². The first-order valence-corrected chi connectivity index (χ1v) is 6.16. The van der Waals surface area contributed by atoms with Crippen LogP contribution in [0.15, 0.2) is 36.5 Å². The van der Waals surface area contributed by atoms with E-state index in [1.807, 2.05) is 30.3 Å². The molecule has 0 fully saturated rings. The molecule has 1 aromatic carbocycles. The highest BCUT2D eigenvalue weighted by Gasteiger charge is 2.09. The fraction of sp³-hybridized carbons (Fsp3) is 0.267. The van der Waals surface area contributed by atoms with E-state index in [2.05, 4.69) is 4.98 Å². The molecule has 0 aliphatic heterocycles. The van der Waals surface area contributed by atoms with E-state index in [0.717, 1.165) is 5.56 Å². The Morgan fingerprint density at radius 2 is 1.60 bits per heavy atom. The predicted octanol–water partition coefficient (Wildman–Crippen LogP) is 1.26. The first-order valence-electron chi connectivity index (χ1n) is 6.16. The predicted molar refractivity (Wildman–Crippen MR) is 74.8 cm³/mol. The molecule has 0 atom stereocenters. The van der Waals surface area contributed by atoms with Gasteiger partial charge in [0.2, 0.25) is 0 Å². The van der Waals surface area contributed by atoms with E-state index in [1.165, 1.54) is 6.20 Å². The molecule has 0 aliphatic carbocycles. The molecule has 5 nitrogen and oxygen atoms in total. The molecule has 2 aromatic rings. The van der Waals surface area contributed by atoms with E-state index in [4.69, 9.17) is 15.3 Å². The van der Waals surface area contributed by atoms with Crippen LogP contribution in [0, 0.1) is 6.92 Å². The van der Waals surface area contributed by atoms with Crippen molar-refractivity contribution >= 4 is 0 Å². The van der Waals surface area contributed by atoms with Crippen LogP contribution in [-0.2, 0) is 19.8 Å². The third kappa shape index (κ3) is 4.31. The summed E-state index contributed by atoms with van der Waals surface area (Å²) < 4.78 is 0. The molecule has 1 heterocycles. The summed E-state index contributed by atoms with van der Waals surface area (Å²) in [6.07, 6.45) is 1.45. The van der Waals surface area contributed by atoms with Gasteiger partial charge < -0.3 is 20.4 Å². The first-order chi connectivity index (χ1) is 9.63. The third-order valence-corrected chi connectivity index (χ3v) is 2.78. The van der Waals surface area contributed by atoms with Crippen molar-refractivity contribution in [2.45, 2.75) is 26.7 Å². The molecule has 0 amide bonds. The maximum atomic E-state index is 9.38. The highest BCUT2D eigenvalue weighted by atomic mass is 16.3. The number of hydrogen-bond acceptors (Lipinski definition) is 5. The van der Waals surface area contributed by atoms with Crippen molar-refractivity contribution < 1.29 is 20.4 Å². The van der Waals surface area contributed by atoms with Gasteiger partial charge >= 0.3 is 0 Å². The van der Waals surface area contributed by atoms with E-state index < -0.39 is 0 Å². The summed E-state index contributed by atoms with van der Waals surface area (Å²) in [6, 6.07) is 9.52. The van der Waals surface area contributed by atoms with Crippen molar-refractivity contribution in [2.24, 2.45) is 0 Å². The summed E-state index contributed by atoms with van der Waals surface area (Å²) in [6.45, 7) is 1.26. The number of hydrogen-bond donors (Lipinski definition) is 4. The van der Waals surface area contributed by atoms with Gasteiger partial charge in [-0.1, -0.05) is 30.3 Å². The highest BCUT2D eigenvalue weighted by molar-refractivity contribution is 5.39. The second-order valence-corrected chi connectivity index (χ2v) is 4.16. The molecule has 108 valence electrons. The number of rotatable bonds is 3. The minimum atomic E-state index is -0.287. The van der Waals surface area contributed by atoms with Crippen molar-refractivity contribution in [2.75, 3.05) is 0 Å². The Kier molecular flexibility index (Phi) is 6.66. The van der Waals surface area contributed by atoms with E-state index in [1.54, 1.807) is 6.92 Å². The second-order valence-electron chi connectivity index (χ2n) is 4.16. The smallest absolute Gasteiger partial charge is 0.142 e. The van der Waals surface area contributed by atoms with Gasteiger partial charge in [0.1, 0.15) is 5.75 Å². The Hall–Kier alpha value is -1.95. The Morgan fingerprint density at radius 1 is 0.950 bits per heavy atom. The largest absolute Gasteiger partial charge is 0.506 e. The Morgan fingerprint density at radius 3 is 2.05 bits per heavy atom. The number of aryl methyl sites for hydroxylation is 1. The lowest BCUT2D eigenvalue weighted by molar-refractivity contribution is 0.254. The van der Waals surface area contributed by atoms with Crippen molar-refractivity contribution in [3.63, 3.8) is 0 Å². The molecule has 0 spiro atoms. The van der Waals surface area contributed by atoms with Gasteiger partial charge in [-0.25, -0.2) is 0 Å². The molecule has 0 radical (unpaired) electrons. The molecule has 4 N–H and O–H groups in total. The van der Waals surface area contributed by atoms with Gasteiger partial charge in [-0.05, 0) is 12.5 Å². The molecule has 2 rings (SSSR count). The van der Waals surface area contributed by atoms with Gasteiger partial charge in [0.15, 0.2) is 0 Å². The SMILES string of the molecule is Cc1ncc(CO)c(CO)c1O.OCc1ccccc1. The number of aromatic hydroxyl groups is 1. The summed E-state index contributed by atoms with van der Waals surface area (Å²) >= 11 is 0. The lowest BCUT2D eigenvalue weighted by Gasteiger charge is -2.07. The number of aliphatic hydroxyl groups is 3. The topological polar surface area (TPSA) is 93.8 Å². The number of benzene rings is 1. The maximum absolute atomic E-state index is 9.38. The zero-order valence-corrected chi connectivity index (χ0v) is 11.3. The average Bonchev–Trinajstić information content (AvgIpc) is 2.51. The minimum absolute atomic E-state index is 0.0379. The lowest BCUT2D eigenvalue weighted by atomic mass is 10.1. The van der Waals surface area contributed by atoms with Gasteiger partial charge in [0.05, 0.1) is 25.5 Å². The standard InChI is InChI=1S/C8H11NO3.C7H8O/c1-5-8(12)7(4-11)6(3-10)2-9-5;8-6-7-4-2-1-3-5-7/h2,10-12H,3-4H2,1H3;1-5,8H,6H2. The molecule has 0 bridgehead atoms. The van der Waals surface area contributed by atoms with E-state index in [9.17, 15) is 5.11 Å². The van der Waals surface area contributed by atoms with Crippen LogP contribution in [0.25, 0.3) is 0 Å². The molecule has 1 aromatic heterocycles. The van der Waals surface area contributed by atoms with Crippen LogP contribution < -0.4 is 0 Å². The average molecular weight is 277 g/mol. The number of nitrogens with zero attached hydrogens (tertiary/aromatic N) is 1. The zero-order chi connectivity index (χ0) is 15.0. The van der Waals surface area contributed by atoms with Crippen molar-refractivity contribution in [3.05, 3.63) is 58.9 Å². The quantitative estimate of drug-likeness (QED) is 0.677. The zero-order valence-electron chi connectivity index (χ0n) is 11.3. The monoisotopic (exact) mass is 277 g/mol. The molecule has 0 saturated carbocycles. The Balaban J connectivity index is 0.000000217. The third-order valence-electron chi connectivity index (χ3n) is 2.78.